The van der Waals surface area contributed by atoms with Gasteiger partial charge in [0.1, 0.15) is 5.15 Å². The quantitative estimate of drug-likeness (QED) is 0.775. The van der Waals surface area contributed by atoms with Crippen LogP contribution in [0.15, 0.2) is 23.3 Å². The van der Waals surface area contributed by atoms with E-state index in [1.165, 1.54) is 5.01 Å². The molecule has 0 bridgehead atoms. The summed E-state index contributed by atoms with van der Waals surface area (Å²) in [6.45, 7) is 2.68. The molecule has 0 saturated heterocycles. The minimum Gasteiger partial charge on any atom is -0.273 e. The highest BCUT2D eigenvalue weighted by Gasteiger charge is 2.21. The highest BCUT2D eigenvalue weighted by molar-refractivity contribution is 6.29. The lowest BCUT2D eigenvalue weighted by Gasteiger charge is -2.22. The number of nitrogens with zero attached hydrogens (tertiary/aromatic N) is 3. The van der Waals surface area contributed by atoms with E-state index in [-0.39, 0.29) is 5.91 Å². The van der Waals surface area contributed by atoms with Crippen molar-refractivity contribution in [2.75, 3.05) is 6.54 Å². The zero-order valence-electron chi connectivity index (χ0n) is 9.69. The maximum atomic E-state index is 11.6. The van der Waals surface area contributed by atoms with Gasteiger partial charge in [-0.05, 0) is 18.6 Å². The molecule has 1 aromatic rings. The Kier molecular flexibility index (Phi) is 3.74. The lowest BCUT2D eigenvalue weighted by Crippen LogP contribution is -2.32. The predicted octanol–water partition coefficient (Wildman–Crippen LogP) is 2.47. The van der Waals surface area contributed by atoms with Gasteiger partial charge in [0, 0.05) is 19.4 Å². The summed E-state index contributed by atoms with van der Waals surface area (Å²) in [6, 6.07) is 5.43. The topological polar surface area (TPSA) is 45.6 Å². The molecule has 1 aromatic heterocycles. The average molecular weight is 252 g/mol. The van der Waals surface area contributed by atoms with Crippen LogP contribution in [0, 0.1) is 0 Å². The van der Waals surface area contributed by atoms with Crippen molar-refractivity contribution in [1.29, 1.82) is 0 Å². The van der Waals surface area contributed by atoms with Gasteiger partial charge in [0.05, 0.1) is 11.4 Å². The number of rotatable bonds is 3. The Morgan fingerprint density at radius 2 is 2.24 bits per heavy atom. The molecule has 1 amide bonds. The number of hydrogen-bond donors (Lipinski definition) is 0. The second-order valence-electron chi connectivity index (χ2n) is 3.91. The van der Waals surface area contributed by atoms with Gasteiger partial charge in [0.2, 0.25) is 5.91 Å². The Morgan fingerprint density at radius 3 is 2.94 bits per heavy atom. The summed E-state index contributed by atoms with van der Waals surface area (Å²) < 4.78 is 0. The molecule has 4 nitrogen and oxygen atoms in total. The van der Waals surface area contributed by atoms with E-state index < -0.39 is 0 Å². The molecule has 5 heteroatoms. The van der Waals surface area contributed by atoms with Gasteiger partial charge in [0.15, 0.2) is 0 Å². The van der Waals surface area contributed by atoms with Gasteiger partial charge in [0.25, 0.3) is 0 Å². The third-order valence-corrected chi connectivity index (χ3v) is 2.76. The lowest BCUT2D eigenvalue weighted by atomic mass is 10.1. The van der Waals surface area contributed by atoms with Crippen molar-refractivity contribution in [3.05, 3.63) is 29.0 Å². The van der Waals surface area contributed by atoms with Crippen LogP contribution in [0.5, 0.6) is 0 Å². The molecule has 0 fully saturated rings. The highest BCUT2D eigenvalue weighted by Crippen LogP contribution is 2.15. The van der Waals surface area contributed by atoms with Gasteiger partial charge >= 0.3 is 0 Å². The molecule has 0 spiro atoms. The van der Waals surface area contributed by atoms with Crippen molar-refractivity contribution in [2.45, 2.75) is 26.2 Å². The molecule has 0 aromatic carbocycles. The molecule has 0 atom stereocenters. The van der Waals surface area contributed by atoms with Crippen molar-refractivity contribution in [3.8, 4) is 0 Å². The molecule has 0 radical (unpaired) electrons. The van der Waals surface area contributed by atoms with E-state index in [2.05, 4.69) is 10.1 Å². The molecule has 1 aliphatic rings. The molecule has 90 valence electrons. The predicted molar refractivity (Wildman–Crippen MR) is 67.0 cm³/mol. The van der Waals surface area contributed by atoms with E-state index in [0.717, 1.165) is 17.8 Å². The summed E-state index contributed by atoms with van der Waals surface area (Å²) in [5, 5.41) is 6.32. The van der Waals surface area contributed by atoms with Crippen molar-refractivity contribution < 1.29 is 4.79 Å². The van der Waals surface area contributed by atoms with Crippen molar-refractivity contribution in [1.82, 2.24) is 9.99 Å². The lowest BCUT2D eigenvalue weighted by molar-refractivity contribution is -0.131. The molecular formula is C12H14ClN3O. The summed E-state index contributed by atoms with van der Waals surface area (Å²) in [4.78, 5) is 15.8. The number of aromatic nitrogens is 1. The molecule has 17 heavy (non-hydrogen) atoms. The van der Waals surface area contributed by atoms with Crippen LogP contribution in [0.1, 0.15) is 31.9 Å². The maximum Gasteiger partial charge on any atom is 0.243 e. The summed E-state index contributed by atoms with van der Waals surface area (Å²) in [7, 11) is 0. The Labute approximate surface area is 105 Å². The molecular weight excluding hydrogens is 238 g/mol. The zero-order chi connectivity index (χ0) is 12.3. The third-order valence-electron chi connectivity index (χ3n) is 2.55. The minimum absolute atomic E-state index is 0.0811. The molecule has 1 aliphatic heterocycles. The SMILES string of the molecule is CCCN1N=C(c2cccc(Cl)n2)CCC1=O. The Bertz CT molecular complexity index is 459. The first-order valence-corrected chi connectivity index (χ1v) is 6.09. The third kappa shape index (κ3) is 2.82. The number of carbonyl (C=O) groups excluding carboxylic acids is 1. The van der Waals surface area contributed by atoms with Crippen LogP contribution >= 0.6 is 11.6 Å². The van der Waals surface area contributed by atoms with Crippen LogP contribution < -0.4 is 0 Å². The fourth-order valence-electron chi connectivity index (χ4n) is 1.74. The van der Waals surface area contributed by atoms with Crippen LogP contribution in [0.2, 0.25) is 5.15 Å². The van der Waals surface area contributed by atoms with Crippen molar-refractivity contribution in [3.63, 3.8) is 0 Å². The summed E-state index contributed by atoms with van der Waals surface area (Å²) in [5.74, 6) is 0.0811. The number of amides is 1. The Morgan fingerprint density at radius 1 is 1.41 bits per heavy atom. The smallest absolute Gasteiger partial charge is 0.243 e. The standard InChI is InChI=1S/C12H14ClN3O/c1-2-8-16-12(17)7-6-10(15-16)9-4-3-5-11(13)14-9/h3-5H,2,6-8H2,1H3. The molecule has 2 rings (SSSR count). The van der Waals surface area contributed by atoms with Crippen LogP contribution in [0.3, 0.4) is 0 Å². The molecule has 0 aliphatic carbocycles. The van der Waals surface area contributed by atoms with Gasteiger partial charge in [-0.25, -0.2) is 9.99 Å². The number of hydrogen-bond acceptors (Lipinski definition) is 3. The monoisotopic (exact) mass is 251 g/mol. The molecule has 0 N–H and O–H groups in total. The Balaban J connectivity index is 2.26. The summed E-state index contributed by atoms with van der Waals surface area (Å²) in [6.07, 6.45) is 2.02. The van der Waals surface area contributed by atoms with E-state index in [1.807, 2.05) is 19.1 Å². The second kappa shape index (κ2) is 5.27. The van der Waals surface area contributed by atoms with E-state index in [4.69, 9.17) is 11.6 Å². The summed E-state index contributed by atoms with van der Waals surface area (Å²) >= 11 is 5.84. The normalized spacial score (nSPS) is 16.0. The van der Waals surface area contributed by atoms with Gasteiger partial charge in [-0.1, -0.05) is 24.6 Å². The number of halogens is 1. The van der Waals surface area contributed by atoms with Crippen LogP contribution in [-0.2, 0) is 4.79 Å². The van der Waals surface area contributed by atoms with Crippen LogP contribution in [0.25, 0.3) is 0 Å². The zero-order valence-corrected chi connectivity index (χ0v) is 10.4. The fourth-order valence-corrected chi connectivity index (χ4v) is 1.90. The maximum absolute atomic E-state index is 11.6. The largest absolute Gasteiger partial charge is 0.273 e. The van der Waals surface area contributed by atoms with E-state index >= 15 is 0 Å². The Hall–Kier alpha value is -1.42. The van der Waals surface area contributed by atoms with Crippen LogP contribution in [0.4, 0.5) is 0 Å². The van der Waals surface area contributed by atoms with Gasteiger partial charge in [-0.2, -0.15) is 5.10 Å². The number of pyridine rings is 1. The van der Waals surface area contributed by atoms with Crippen molar-refractivity contribution >= 4 is 23.2 Å². The summed E-state index contributed by atoms with van der Waals surface area (Å²) in [5.41, 5.74) is 1.59. The fraction of sp³-hybridized carbons (Fsp3) is 0.417. The van der Waals surface area contributed by atoms with E-state index in [9.17, 15) is 4.79 Å². The van der Waals surface area contributed by atoms with Crippen LogP contribution in [-0.4, -0.2) is 28.2 Å². The van der Waals surface area contributed by atoms with Gasteiger partial charge in [-0.15, -0.1) is 0 Å². The minimum atomic E-state index is 0.0811. The second-order valence-corrected chi connectivity index (χ2v) is 4.30. The van der Waals surface area contributed by atoms with E-state index in [0.29, 0.717) is 24.5 Å². The molecule has 0 saturated carbocycles. The highest BCUT2D eigenvalue weighted by atomic mass is 35.5. The molecule has 2 heterocycles. The van der Waals surface area contributed by atoms with Crippen molar-refractivity contribution in [2.24, 2.45) is 5.10 Å². The molecule has 0 unspecified atom stereocenters. The van der Waals surface area contributed by atoms with Gasteiger partial charge < -0.3 is 0 Å². The first-order chi connectivity index (χ1) is 8.20. The average Bonchev–Trinajstić information content (AvgIpc) is 2.32. The first-order valence-electron chi connectivity index (χ1n) is 5.71. The number of hydrazone groups is 1. The van der Waals surface area contributed by atoms with Gasteiger partial charge in [-0.3, -0.25) is 4.79 Å². The number of carbonyl (C=O) groups is 1. The van der Waals surface area contributed by atoms with E-state index in [1.54, 1.807) is 6.07 Å². The first kappa shape index (κ1) is 12.0.